The van der Waals surface area contributed by atoms with E-state index in [0.717, 1.165) is 11.3 Å². The average molecular weight is 316 g/mol. The second kappa shape index (κ2) is 6.82. The van der Waals surface area contributed by atoms with Crippen LogP contribution in [0.1, 0.15) is 15.4 Å². The van der Waals surface area contributed by atoms with Gasteiger partial charge in [0.2, 0.25) is 5.78 Å². The SMILES string of the molecule is N#C/C(=C/c1nc(-c2ccccc2)cs1)C(=O)c1ccccc1. The van der Waals surface area contributed by atoms with Crippen molar-refractivity contribution in [3.63, 3.8) is 0 Å². The van der Waals surface area contributed by atoms with Gasteiger partial charge in [-0.3, -0.25) is 4.79 Å². The highest BCUT2D eigenvalue weighted by molar-refractivity contribution is 7.10. The molecule has 0 aliphatic heterocycles. The van der Waals surface area contributed by atoms with Gasteiger partial charge in [0.15, 0.2) is 0 Å². The summed E-state index contributed by atoms with van der Waals surface area (Å²) in [6, 6.07) is 20.6. The Balaban J connectivity index is 1.90. The molecule has 3 nitrogen and oxygen atoms in total. The van der Waals surface area contributed by atoms with Crippen LogP contribution in [0.3, 0.4) is 0 Å². The fraction of sp³-hybridized carbons (Fsp3) is 0. The Morgan fingerprint density at radius 1 is 1.04 bits per heavy atom. The second-order valence-corrected chi connectivity index (χ2v) is 5.69. The molecule has 0 aliphatic carbocycles. The maximum absolute atomic E-state index is 12.3. The minimum atomic E-state index is -0.287. The number of rotatable bonds is 4. The van der Waals surface area contributed by atoms with Crippen LogP contribution in [0.25, 0.3) is 17.3 Å². The van der Waals surface area contributed by atoms with E-state index in [1.54, 1.807) is 30.3 Å². The fourth-order valence-corrected chi connectivity index (χ4v) is 2.87. The lowest BCUT2D eigenvalue weighted by molar-refractivity contribution is 0.104. The normalized spacial score (nSPS) is 11.0. The molecule has 23 heavy (non-hydrogen) atoms. The first-order chi connectivity index (χ1) is 11.3. The van der Waals surface area contributed by atoms with Gasteiger partial charge in [-0.1, -0.05) is 60.7 Å². The highest BCUT2D eigenvalue weighted by Crippen LogP contribution is 2.23. The summed E-state index contributed by atoms with van der Waals surface area (Å²) < 4.78 is 0. The third-order valence-corrected chi connectivity index (χ3v) is 4.05. The topological polar surface area (TPSA) is 53.8 Å². The fourth-order valence-electron chi connectivity index (χ4n) is 2.11. The lowest BCUT2D eigenvalue weighted by Crippen LogP contribution is -2.01. The van der Waals surface area contributed by atoms with Crippen molar-refractivity contribution in [3.8, 4) is 17.3 Å². The molecule has 0 unspecified atom stereocenters. The maximum atomic E-state index is 12.3. The van der Waals surface area contributed by atoms with Gasteiger partial charge in [0.25, 0.3) is 0 Å². The summed E-state index contributed by atoms with van der Waals surface area (Å²) in [5.74, 6) is -0.287. The molecule has 4 heteroatoms. The largest absolute Gasteiger partial charge is 0.288 e. The summed E-state index contributed by atoms with van der Waals surface area (Å²) in [6.07, 6.45) is 1.55. The maximum Gasteiger partial charge on any atom is 0.203 e. The second-order valence-electron chi connectivity index (χ2n) is 4.80. The number of aromatic nitrogens is 1. The molecule has 1 aromatic heterocycles. The number of Topliss-reactive ketones (excluding diaryl/α,β-unsaturated/α-hetero) is 1. The van der Waals surface area contributed by atoms with Crippen LogP contribution in [-0.4, -0.2) is 10.8 Å². The summed E-state index contributed by atoms with van der Waals surface area (Å²) in [5.41, 5.74) is 2.44. The van der Waals surface area contributed by atoms with Crippen LogP contribution in [0.4, 0.5) is 0 Å². The minimum Gasteiger partial charge on any atom is -0.288 e. The number of nitrogens with zero attached hydrogens (tertiary/aromatic N) is 2. The van der Waals surface area contributed by atoms with Crippen LogP contribution in [0.15, 0.2) is 71.6 Å². The standard InChI is InChI=1S/C19H12N2OS/c20-12-16(19(22)15-9-5-2-6-10-15)11-18-21-17(13-23-18)14-7-3-1-4-8-14/h1-11,13H/b16-11-. The first kappa shape index (κ1) is 14.9. The van der Waals surface area contributed by atoms with Gasteiger partial charge in [0, 0.05) is 16.5 Å². The van der Waals surface area contributed by atoms with Crippen molar-refractivity contribution >= 4 is 23.2 Å². The summed E-state index contributed by atoms with van der Waals surface area (Å²) in [5, 5.41) is 11.8. The molecular formula is C19H12N2OS. The Kier molecular flexibility index (Phi) is 4.41. The van der Waals surface area contributed by atoms with Crippen molar-refractivity contribution in [2.75, 3.05) is 0 Å². The Bertz CT molecular complexity index is 890. The number of ketones is 1. The molecule has 3 rings (SSSR count). The van der Waals surface area contributed by atoms with Gasteiger partial charge >= 0.3 is 0 Å². The Labute approximate surface area is 138 Å². The first-order valence-electron chi connectivity index (χ1n) is 7.00. The van der Waals surface area contributed by atoms with E-state index in [0.29, 0.717) is 10.6 Å². The molecule has 0 saturated carbocycles. The minimum absolute atomic E-state index is 0.0881. The lowest BCUT2D eigenvalue weighted by Gasteiger charge is -1.98. The van der Waals surface area contributed by atoms with E-state index in [-0.39, 0.29) is 11.4 Å². The highest BCUT2D eigenvalue weighted by Gasteiger charge is 2.12. The molecule has 110 valence electrons. The van der Waals surface area contributed by atoms with Gasteiger partial charge in [0.1, 0.15) is 16.6 Å². The van der Waals surface area contributed by atoms with E-state index in [9.17, 15) is 10.1 Å². The van der Waals surface area contributed by atoms with E-state index < -0.39 is 0 Å². The molecule has 0 atom stereocenters. The van der Waals surface area contributed by atoms with Gasteiger partial charge in [-0.05, 0) is 6.08 Å². The molecule has 1 heterocycles. The van der Waals surface area contributed by atoms with E-state index >= 15 is 0 Å². The van der Waals surface area contributed by atoms with Gasteiger partial charge in [-0.25, -0.2) is 4.98 Å². The third-order valence-electron chi connectivity index (χ3n) is 3.26. The van der Waals surface area contributed by atoms with Crippen molar-refractivity contribution in [2.24, 2.45) is 0 Å². The summed E-state index contributed by atoms with van der Waals surface area (Å²) in [7, 11) is 0. The van der Waals surface area contributed by atoms with Gasteiger partial charge in [-0.2, -0.15) is 5.26 Å². The molecule has 0 amide bonds. The summed E-state index contributed by atoms with van der Waals surface area (Å²) >= 11 is 1.41. The first-order valence-corrected chi connectivity index (χ1v) is 7.88. The highest BCUT2D eigenvalue weighted by atomic mass is 32.1. The number of carbonyl (C=O) groups is 1. The number of hydrogen-bond donors (Lipinski definition) is 0. The van der Waals surface area contributed by atoms with Crippen molar-refractivity contribution in [3.05, 3.63) is 82.2 Å². The summed E-state index contributed by atoms with van der Waals surface area (Å²) in [6.45, 7) is 0. The van der Waals surface area contributed by atoms with Crippen LogP contribution in [0.5, 0.6) is 0 Å². The third kappa shape index (κ3) is 3.42. The van der Waals surface area contributed by atoms with Gasteiger partial charge in [0.05, 0.1) is 5.69 Å². The molecule has 0 N–H and O–H groups in total. The molecular weight excluding hydrogens is 304 g/mol. The van der Waals surface area contributed by atoms with E-state index in [4.69, 9.17) is 0 Å². The molecule has 0 fully saturated rings. The molecule has 0 radical (unpaired) electrons. The predicted octanol–water partition coefficient (Wildman–Crippen LogP) is 4.60. The smallest absolute Gasteiger partial charge is 0.203 e. The van der Waals surface area contributed by atoms with Gasteiger partial charge in [-0.15, -0.1) is 11.3 Å². The molecule has 0 aliphatic rings. The Morgan fingerprint density at radius 2 is 1.70 bits per heavy atom. The number of nitriles is 1. The zero-order chi connectivity index (χ0) is 16.1. The van der Waals surface area contributed by atoms with E-state index in [1.165, 1.54) is 11.3 Å². The number of hydrogen-bond acceptors (Lipinski definition) is 4. The summed E-state index contributed by atoms with van der Waals surface area (Å²) in [4.78, 5) is 16.8. The van der Waals surface area contributed by atoms with Crippen molar-refractivity contribution < 1.29 is 4.79 Å². The van der Waals surface area contributed by atoms with Crippen LogP contribution >= 0.6 is 11.3 Å². The number of carbonyl (C=O) groups excluding carboxylic acids is 1. The molecule has 0 bridgehead atoms. The Morgan fingerprint density at radius 3 is 2.35 bits per heavy atom. The quantitative estimate of drug-likeness (QED) is 0.401. The van der Waals surface area contributed by atoms with Crippen LogP contribution in [-0.2, 0) is 0 Å². The monoisotopic (exact) mass is 316 g/mol. The predicted molar refractivity (Wildman–Crippen MR) is 91.9 cm³/mol. The number of thiazole rings is 1. The molecule has 2 aromatic carbocycles. The Hall–Kier alpha value is -3.03. The molecule has 0 spiro atoms. The molecule has 0 saturated heterocycles. The zero-order valence-electron chi connectivity index (χ0n) is 12.1. The zero-order valence-corrected chi connectivity index (χ0v) is 13.0. The average Bonchev–Trinajstić information content (AvgIpc) is 3.09. The van der Waals surface area contributed by atoms with Crippen LogP contribution in [0, 0.1) is 11.3 Å². The van der Waals surface area contributed by atoms with Crippen molar-refractivity contribution in [1.29, 1.82) is 5.26 Å². The van der Waals surface area contributed by atoms with Crippen LogP contribution in [0.2, 0.25) is 0 Å². The van der Waals surface area contributed by atoms with E-state index in [2.05, 4.69) is 4.98 Å². The van der Waals surface area contributed by atoms with Crippen molar-refractivity contribution in [2.45, 2.75) is 0 Å². The molecule has 3 aromatic rings. The van der Waals surface area contributed by atoms with Gasteiger partial charge < -0.3 is 0 Å². The number of allylic oxidation sites excluding steroid dienone is 1. The van der Waals surface area contributed by atoms with Crippen molar-refractivity contribution in [1.82, 2.24) is 4.98 Å². The number of benzene rings is 2. The van der Waals surface area contributed by atoms with E-state index in [1.807, 2.05) is 47.8 Å². The lowest BCUT2D eigenvalue weighted by atomic mass is 10.0. The van der Waals surface area contributed by atoms with Crippen LogP contribution < -0.4 is 0 Å².